The van der Waals surface area contributed by atoms with Crippen LogP contribution < -0.4 is 10.1 Å². The van der Waals surface area contributed by atoms with Crippen LogP contribution in [-0.2, 0) is 5.60 Å². The highest BCUT2D eigenvalue weighted by atomic mass is 35.5. The fraction of sp³-hybridized carbons (Fsp3) is 0.560. The van der Waals surface area contributed by atoms with Gasteiger partial charge in [-0.15, -0.1) is 0 Å². The van der Waals surface area contributed by atoms with Crippen molar-refractivity contribution in [3.8, 4) is 6.01 Å². The molecule has 1 unspecified atom stereocenters. The highest BCUT2D eigenvalue weighted by molar-refractivity contribution is 6.76. The van der Waals surface area contributed by atoms with Crippen LogP contribution >= 0.6 is 11.6 Å². The number of ether oxygens (including phenoxy) is 1. The van der Waals surface area contributed by atoms with Crippen molar-refractivity contribution in [2.75, 3.05) is 13.2 Å². The van der Waals surface area contributed by atoms with Gasteiger partial charge in [-0.05, 0) is 49.6 Å². The van der Waals surface area contributed by atoms with Gasteiger partial charge in [-0.25, -0.2) is 4.98 Å². The average Bonchev–Trinajstić information content (AvgIpc) is 2.77. The number of aromatic nitrogens is 2. The SMILES string of the molecule is CC(O)(c1ccc(Cl)c(C(=O)NCC2(O)CCCCC2)c1)c1ccnc(OCC[Si](C)(C)C)n1. The van der Waals surface area contributed by atoms with Gasteiger partial charge in [0.1, 0.15) is 5.60 Å². The van der Waals surface area contributed by atoms with Crippen LogP contribution in [0.4, 0.5) is 0 Å². The van der Waals surface area contributed by atoms with Gasteiger partial charge in [0.15, 0.2) is 0 Å². The Kier molecular flexibility index (Phi) is 8.39. The highest BCUT2D eigenvalue weighted by Gasteiger charge is 2.32. The van der Waals surface area contributed by atoms with E-state index in [1.807, 2.05) is 0 Å². The molecule has 1 aromatic heterocycles. The lowest BCUT2D eigenvalue weighted by Crippen LogP contribution is -2.44. The molecule has 0 aliphatic heterocycles. The topological polar surface area (TPSA) is 105 Å². The fourth-order valence-electron chi connectivity index (χ4n) is 4.01. The van der Waals surface area contributed by atoms with Gasteiger partial charge in [-0.3, -0.25) is 4.79 Å². The van der Waals surface area contributed by atoms with Gasteiger partial charge in [0.2, 0.25) is 0 Å². The standard InChI is InChI=1S/C25H36ClN3O4Si/c1-24(31,21-10-13-27-23(29-21)33-14-15-34(2,3)4)18-8-9-20(26)19(16-18)22(30)28-17-25(32)11-6-5-7-12-25/h8-10,13,16,31-32H,5-7,11-12,14-15,17H2,1-4H3,(H,28,30). The molecule has 1 aliphatic carbocycles. The van der Waals surface area contributed by atoms with Crippen LogP contribution in [0.1, 0.15) is 60.6 Å². The van der Waals surface area contributed by atoms with Crippen molar-refractivity contribution in [1.82, 2.24) is 15.3 Å². The first kappa shape index (κ1) is 26.6. The molecule has 1 atom stereocenters. The second-order valence-electron chi connectivity index (χ2n) is 10.6. The van der Waals surface area contributed by atoms with Crippen molar-refractivity contribution in [2.45, 2.75) is 75.9 Å². The van der Waals surface area contributed by atoms with Crippen LogP contribution in [0.25, 0.3) is 0 Å². The van der Waals surface area contributed by atoms with E-state index >= 15 is 0 Å². The highest BCUT2D eigenvalue weighted by Crippen LogP contribution is 2.32. The molecular weight excluding hydrogens is 470 g/mol. The van der Waals surface area contributed by atoms with E-state index in [4.69, 9.17) is 16.3 Å². The molecule has 1 heterocycles. The summed E-state index contributed by atoms with van der Waals surface area (Å²) in [7, 11) is -1.26. The molecule has 0 spiro atoms. The molecule has 1 saturated carbocycles. The van der Waals surface area contributed by atoms with Crippen molar-refractivity contribution < 1.29 is 19.7 Å². The molecule has 1 amide bonds. The number of nitrogens with one attached hydrogen (secondary N) is 1. The van der Waals surface area contributed by atoms with Crippen molar-refractivity contribution in [3.05, 3.63) is 52.3 Å². The quantitative estimate of drug-likeness (QED) is 0.432. The summed E-state index contributed by atoms with van der Waals surface area (Å²) >= 11 is 6.32. The summed E-state index contributed by atoms with van der Waals surface area (Å²) < 4.78 is 5.73. The number of benzene rings is 1. The molecule has 0 radical (unpaired) electrons. The number of halogens is 1. The van der Waals surface area contributed by atoms with Crippen LogP contribution in [0.15, 0.2) is 30.5 Å². The van der Waals surface area contributed by atoms with Crippen LogP contribution in [0.2, 0.25) is 30.7 Å². The third kappa shape index (κ3) is 7.01. The zero-order valence-corrected chi connectivity index (χ0v) is 22.3. The van der Waals surface area contributed by atoms with Crippen LogP contribution in [0.5, 0.6) is 6.01 Å². The summed E-state index contributed by atoms with van der Waals surface area (Å²) in [5.74, 6) is -0.389. The van der Waals surface area contributed by atoms with Crippen LogP contribution in [-0.4, -0.2) is 52.9 Å². The molecule has 1 fully saturated rings. The van der Waals surface area contributed by atoms with E-state index in [-0.39, 0.29) is 29.0 Å². The summed E-state index contributed by atoms with van der Waals surface area (Å²) in [4.78, 5) is 21.5. The van der Waals surface area contributed by atoms with E-state index in [2.05, 4.69) is 34.9 Å². The van der Waals surface area contributed by atoms with E-state index in [0.29, 0.717) is 30.7 Å². The number of aliphatic hydroxyl groups is 2. The molecule has 1 aliphatic rings. The lowest BCUT2D eigenvalue weighted by atomic mass is 9.85. The Labute approximate surface area is 207 Å². The van der Waals surface area contributed by atoms with Gasteiger partial charge < -0.3 is 20.3 Å². The Morgan fingerprint density at radius 3 is 2.62 bits per heavy atom. The first-order chi connectivity index (χ1) is 15.9. The Balaban J connectivity index is 1.75. The van der Waals surface area contributed by atoms with E-state index in [1.165, 1.54) is 0 Å². The molecule has 0 saturated heterocycles. The summed E-state index contributed by atoms with van der Waals surface area (Å²) in [6, 6.07) is 7.63. The molecule has 3 rings (SSSR count). The number of carbonyl (C=O) groups is 1. The minimum atomic E-state index is -1.50. The van der Waals surface area contributed by atoms with Crippen molar-refractivity contribution >= 4 is 25.6 Å². The molecule has 0 bridgehead atoms. The smallest absolute Gasteiger partial charge is 0.316 e. The summed E-state index contributed by atoms with van der Waals surface area (Å²) in [6.45, 7) is 9.11. The number of amides is 1. The Morgan fingerprint density at radius 2 is 1.94 bits per heavy atom. The van der Waals surface area contributed by atoms with Gasteiger partial charge in [-0.2, -0.15) is 4.98 Å². The van der Waals surface area contributed by atoms with E-state index in [0.717, 1.165) is 25.3 Å². The minimum absolute atomic E-state index is 0.173. The zero-order valence-electron chi connectivity index (χ0n) is 20.5. The van der Waals surface area contributed by atoms with Crippen molar-refractivity contribution in [3.63, 3.8) is 0 Å². The number of hydrogen-bond donors (Lipinski definition) is 3. The van der Waals surface area contributed by atoms with Crippen molar-refractivity contribution in [1.29, 1.82) is 0 Å². The van der Waals surface area contributed by atoms with E-state index in [1.54, 1.807) is 37.4 Å². The largest absolute Gasteiger partial charge is 0.464 e. The second kappa shape index (κ2) is 10.7. The summed E-state index contributed by atoms with van der Waals surface area (Å²) in [6.07, 6.45) is 5.91. The van der Waals surface area contributed by atoms with Gasteiger partial charge in [0.25, 0.3) is 5.91 Å². The number of hydrogen-bond acceptors (Lipinski definition) is 6. The summed E-state index contributed by atoms with van der Waals surface area (Å²) in [5.41, 5.74) is -1.32. The molecular formula is C25H36ClN3O4Si. The fourth-order valence-corrected chi connectivity index (χ4v) is 4.92. The second-order valence-corrected chi connectivity index (χ2v) is 16.6. The molecule has 186 valence electrons. The molecule has 9 heteroatoms. The predicted octanol–water partition coefficient (Wildman–Crippen LogP) is 4.53. The average molecular weight is 506 g/mol. The predicted molar refractivity (Wildman–Crippen MR) is 136 cm³/mol. The third-order valence-electron chi connectivity index (χ3n) is 6.35. The van der Waals surface area contributed by atoms with Gasteiger partial charge in [-0.1, -0.05) is 56.6 Å². The maximum Gasteiger partial charge on any atom is 0.316 e. The van der Waals surface area contributed by atoms with Gasteiger partial charge in [0, 0.05) is 20.8 Å². The molecule has 7 nitrogen and oxygen atoms in total. The maximum absolute atomic E-state index is 12.9. The summed E-state index contributed by atoms with van der Waals surface area (Å²) in [5, 5.41) is 25.1. The Hall–Kier alpha value is -2.00. The van der Waals surface area contributed by atoms with Gasteiger partial charge >= 0.3 is 6.01 Å². The normalized spacial score (nSPS) is 17.6. The molecule has 2 aromatic rings. The zero-order chi connectivity index (χ0) is 25.0. The minimum Gasteiger partial charge on any atom is -0.464 e. The van der Waals surface area contributed by atoms with Crippen LogP contribution in [0.3, 0.4) is 0 Å². The Morgan fingerprint density at radius 1 is 1.24 bits per heavy atom. The monoisotopic (exact) mass is 505 g/mol. The Bertz CT molecular complexity index is 1000. The number of rotatable bonds is 9. The van der Waals surface area contributed by atoms with Crippen LogP contribution in [0, 0.1) is 0 Å². The van der Waals surface area contributed by atoms with E-state index < -0.39 is 19.3 Å². The lowest BCUT2D eigenvalue weighted by Gasteiger charge is -2.32. The molecule has 34 heavy (non-hydrogen) atoms. The molecule has 3 N–H and O–H groups in total. The van der Waals surface area contributed by atoms with Crippen molar-refractivity contribution in [2.24, 2.45) is 0 Å². The van der Waals surface area contributed by atoms with E-state index in [9.17, 15) is 15.0 Å². The van der Waals surface area contributed by atoms with Gasteiger partial charge in [0.05, 0.1) is 28.5 Å². The first-order valence-electron chi connectivity index (χ1n) is 11.9. The maximum atomic E-state index is 12.9. The number of carbonyl (C=O) groups excluding carboxylic acids is 1. The lowest BCUT2D eigenvalue weighted by molar-refractivity contribution is 0.00525. The number of nitrogens with zero attached hydrogens (tertiary/aromatic N) is 2. The molecule has 1 aromatic carbocycles. The third-order valence-corrected chi connectivity index (χ3v) is 8.38. The first-order valence-corrected chi connectivity index (χ1v) is 16.0.